The SMILES string of the molecule is CC(O)(I)C(N)(N)Cc1ccccc1. The third-order valence-corrected chi connectivity index (χ3v) is 3.19. The van der Waals surface area contributed by atoms with E-state index in [9.17, 15) is 5.11 Å². The highest BCUT2D eigenvalue weighted by Gasteiger charge is 2.38. The molecule has 0 fully saturated rings. The molecule has 1 atom stereocenters. The van der Waals surface area contributed by atoms with Crippen molar-refractivity contribution in [2.75, 3.05) is 0 Å². The van der Waals surface area contributed by atoms with Gasteiger partial charge in [-0.15, -0.1) is 0 Å². The van der Waals surface area contributed by atoms with Crippen molar-refractivity contribution in [1.29, 1.82) is 0 Å². The number of halogens is 1. The molecule has 14 heavy (non-hydrogen) atoms. The van der Waals surface area contributed by atoms with Gasteiger partial charge in [0, 0.05) is 6.42 Å². The summed E-state index contributed by atoms with van der Waals surface area (Å²) in [4.78, 5) is 0. The maximum Gasteiger partial charge on any atom is 0.143 e. The second-order valence-electron chi connectivity index (χ2n) is 3.66. The lowest BCUT2D eigenvalue weighted by Gasteiger charge is -2.35. The van der Waals surface area contributed by atoms with Gasteiger partial charge in [-0.2, -0.15) is 0 Å². The van der Waals surface area contributed by atoms with Crippen LogP contribution in [0.15, 0.2) is 30.3 Å². The van der Waals surface area contributed by atoms with Gasteiger partial charge < -0.3 is 16.6 Å². The van der Waals surface area contributed by atoms with Crippen LogP contribution in [0.25, 0.3) is 0 Å². The van der Waals surface area contributed by atoms with E-state index in [0.717, 1.165) is 5.56 Å². The lowest BCUT2D eigenvalue weighted by atomic mass is 9.97. The fraction of sp³-hybridized carbons (Fsp3) is 0.400. The van der Waals surface area contributed by atoms with E-state index in [1.54, 1.807) is 6.92 Å². The largest absolute Gasteiger partial charge is 0.377 e. The maximum absolute atomic E-state index is 9.74. The summed E-state index contributed by atoms with van der Waals surface area (Å²) in [5.41, 5.74) is 11.6. The van der Waals surface area contributed by atoms with Crippen molar-refractivity contribution in [2.45, 2.75) is 22.6 Å². The van der Waals surface area contributed by atoms with Gasteiger partial charge in [0.1, 0.15) is 9.27 Å². The Morgan fingerprint density at radius 1 is 1.29 bits per heavy atom. The minimum Gasteiger partial charge on any atom is -0.377 e. The number of nitrogens with two attached hydrogens (primary N) is 2. The number of rotatable bonds is 3. The van der Waals surface area contributed by atoms with E-state index in [1.807, 2.05) is 52.9 Å². The molecule has 1 rings (SSSR count). The molecular weight excluding hydrogens is 291 g/mol. The highest BCUT2D eigenvalue weighted by molar-refractivity contribution is 14.1. The predicted octanol–water partition coefficient (Wildman–Crippen LogP) is 0.986. The molecule has 1 aromatic rings. The first-order valence-corrected chi connectivity index (χ1v) is 5.44. The predicted molar refractivity (Wildman–Crippen MR) is 65.9 cm³/mol. The van der Waals surface area contributed by atoms with Crippen molar-refractivity contribution < 1.29 is 5.11 Å². The maximum atomic E-state index is 9.74. The van der Waals surface area contributed by atoms with Gasteiger partial charge >= 0.3 is 0 Å². The minimum absolute atomic E-state index is 0.448. The molecule has 0 radical (unpaired) electrons. The van der Waals surface area contributed by atoms with Crippen LogP contribution in [0.4, 0.5) is 0 Å². The van der Waals surface area contributed by atoms with Crippen LogP contribution in [-0.2, 0) is 6.42 Å². The van der Waals surface area contributed by atoms with E-state index in [0.29, 0.717) is 6.42 Å². The highest BCUT2D eigenvalue weighted by atomic mass is 127. The topological polar surface area (TPSA) is 72.3 Å². The molecule has 1 aromatic carbocycles. The van der Waals surface area contributed by atoms with E-state index >= 15 is 0 Å². The van der Waals surface area contributed by atoms with E-state index in [4.69, 9.17) is 11.5 Å². The molecular formula is C10H15IN2O. The normalized spacial score (nSPS) is 16.4. The standard InChI is InChI=1S/C10H15IN2O/c1-9(11,14)10(12,13)7-8-5-3-2-4-6-8/h2-6,14H,7,12-13H2,1H3. The Bertz CT molecular complexity index is 293. The molecule has 5 N–H and O–H groups in total. The van der Waals surface area contributed by atoms with Crippen LogP contribution in [0, 0.1) is 0 Å². The van der Waals surface area contributed by atoms with Crippen LogP contribution >= 0.6 is 22.6 Å². The molecule has 0 aliphatic carbocycles. The van der Waals surface area contributed by atoms with Crippen LogP contribution in [0.2, 0.25) is 0 Å². The van der Waals surface area contributed by atoms with Gasteiger partial charge in [-0.3, -0.25) is 0 Å². The second-order valence-corrected chi connectivity index (χ2v) is 5.76. The molecule has 0 bridgehead atoms. The second kappa shape index (κ2) is 4.14. The van der Waals surface area contributed by atoms with Crippen LogP contribution in [0.5, 0.6) is 0 Å². The summed E-state index contributed by atoms with van der Waals surface area (Å²) in [6.45, 7) is 1.61. The Morgan fingerprint density at radius 2 is 1.79 bits per heavy atom. The average Bonchev–Trinajstić information content (AvgIpc) is 2.03. The Balaban J connectivity index is 2.79. The molecule has 0 saturated carbocycles. The molecule has 3 nitrogen and oxygen atoms in total. The first kappa shape index (κ1) is 11.9. The third-order valence-electron chi connectivity index (χ3n) is 2.19. The minimum atomic E-state index is -1.12. The molecule has 0 amide bonds. The van der Waals surface area contributed by atoms with Crippen molar-refractivity contribution in [3.05, 3.63) is 35.9 Å². The van der Waals surface area contributed by atoms with Gasteiger partial charge in [-0.25, -0.2) is 0 Å². The van der Waals surface area contributed by atoms with E-state index in [2.05, 4.69) is 0 Å². The molecule has 0 saturated heterocycles. The molecule has 0 spiro atoms. The van der Waals surface area contributed by atoms with Crippen molar-refractivity contribution in [3.63, 3.8) is 0 Å². The van der Waals surface area contributed by atoms with Crippen molar-refractivity contribution in [3.8, 4) is 0 Å². The number of hydrogen-bond acceptors (Lipinski definition) is 3. The average molecular weight is 306 g/mol. The van der Waals surface area contributed by atoms with Crippen LogP contribution in [-0.4, -0.2) is 14.4 Å². The summed E-state index contributed by atoms with van der Waals surface area (Å²) in [5, 5.41) is 9.74. The van der Waals surface area contributed by atoms with Crippen molar-refractivity contribution in [2.24, 2.45) is 11.5 Å². The quantitative estimate of drug-likeness (QED) is 0.443. The number of hydrogen-bond donors (Lipinski definition) is 3. The Morgan fingerprint density at radius 3 is 2.21 bits per heavy atom. The van der Waals surface area contributed by atoms with Gasteiger partial charge in [-0.1, -0.05) is 30.3 Å². The van der Waals surface area contributed by atoms with Gasteiger partial charge in [0.25, 0.3) is 0 Å². The van der Waals surface area contributed by atoms with Gasteiger partial charge in [0.05, 0.1) is 0 Å². The summed E-state index contributed by atoms with van der Waals surface area (Å²) in [6.07, 6.45) is 0.448. The summed E-state index contributed by atoms with van der Waals surface area (Å²) in [5.74, 6) is 0. The fourth-order valence-corrected chi connectivity index (χ4v) is 1.29. The molecule has 0 aromatic heterocycles. The van der Waals surface area contributed by atoms with Gasteiger partial charge in [0.15, 0.2) is 0 Å². The van der Waals surface area contributed by atoms with E-state index in [1.165, 1.54) is 0 Å². The lowest BCUT2D eigenvalue weighted by molar-refractivity contribution is 0.0866. The zero-order chi connectivity index (χ0) is 10.8. The first-order valence-electron chi connectivity index (χ1n) is 4.36. The highest BCUT2D eigenvalue weighted by Crippen LogP contribution is 2.25. The first-order chi connectivity index (χ1) is 6.33. The van der Waals surface area contributed by atoms with Gasteiger partial charge in [0.2, 0.25) is 0 Å². The zero-order valence-electron chi connectivity index (χ0n) is 8.07. The Labute approximate surface area is 97.6 Å². The molecule has 78 valence electrons. The van der Waals surface area contributed by atoms with Crippen molar-refractivity contribution in [1.82, 2.24) is 0 Å². The van der Waals surface area contributed by atoms with E-state index in [-0.39, 0.29) is 0 Å². The van der Waals surface area contributed by atoms with Crippen LogP contribution in [0.1, 0.15) is 12.5 Å². The molecule has 1 unspecified atom stereocenters. The summed E-state index contributed by atoms with van der Waals surface area (Å²) >= 11 is 1.85. The third kappa shape index (κ3) is 2.91. The molecule has 4 heteroatoms. The molecule has 0 aliphatic rings. The lowest BCUT2D eigenvalue weighted by Crippen LogP contribution is -2.64. The van der Waals surface area contributed by atoms with Crippen LogP contribution < -0.4 is 11.5 Å². The molecule has 0 heterocycles. The monoisotopic (exact) mass is 306 g/mol. The number of aliphatic hydroxyl groups is 1. The summed E-state index contributed by atoms with van der Waals surface area (Å²) < 4.78 is -1.12. The Hall–Kier alpha value is -0.170. The number of benzene rings is 1. The van der Waals surface area contributed by atoms with Gasteiger partial charge in [-0.05, 0) is 35.1 Å². The van der Waals surface area contributed by atoms with E-state index < -0.39 is 9.27 Å². The number of alkyl halides is 1. The molecule has 0 aliphatic heterocycles. The van der Waals surface area contributed by atoms with Crippen LogP contribution in [0.3, 0.4) is 0 Å². The van der Waals surface area contributed by atoms with Crippen molar-refractivity contribution >= 4 is 22.6 Å². The zero-order valence-corrected chi connectivity index (χ0v) is 10.2. The fourth-order valence-electron chi connectivity index (χ4n) is 1.09. The summed E-state index contributed by atoms with van der Waals surface area (Å²) in [7, 11) is 0. The summed E-state index contributed by atoms with van der Waals surface area (Å²) in [6, 6.07) is 9.66. The Kier molecular flexibility index (Phi) is 3.52. The smallest absolute Gasteiger partial charge is 0.143 e.